The van der Waals surface area contributed by atoms with Crippen molar-refractivity contribution in [1.29, 1.82) is 0 Å². The minimum atomic E-state index is 0.320. The predicted molar refractivity (Wildman–Crippen MR) is 50.1 cm³/mol. The highest BCUT2D eigenvalue weighted by atomic mass is 16.1. The van der Waals surface area contributed by atoms with Gasteiger partial charge in [-0.05, 0) is 25.3 Å². The summed E-state index contributed by atoms with van der Waals surface area (Å²) in [4.78, 5) is 13.3. The SMILES string of the molecule is CC(=O)CC1CN(C)CC1(C)C. The fourth-order valence-electron chi connectivity index (χ4n) is 2.20. The molecule has 0 aromatic rings. The average molecular weight is 169 g/mol. The zero-order chi connectivity index (χ0) is 9.35. The summed E-state index contributed by atoms with van der Waals surface area (Å²) in [6, 6.07) is 0. The molecular weight excluding hydrogens is 150 g/mol. The number of Topliss-reactive ketones (excluding diaryl/α,β-unsaturated/α-hetero) is 1. The second-order valence-electron chi connectivity index (χ2n) is 4.79. The molecule has 1 unspecified atom stereocenters. The first-order chi connectivity index (χ1) is 5.42. The van der Waals surface area contributed by atoms with Gasteiger partial charge in [0.1, 0.15) is 5.78 Å². The standard InChI is InChI=1S/C10H19NO/c1-8(12)5-9-6-11(4)7-10(9,2)3/h9H,5-7H2,1-4H3. The van der Waals surface area contributed by atoms with Crippen LogP contribution in [-0.2, 0) is 4.79 Å². The van der Waals surface area contributed by atoms with Gasteiger partial charge < -0.3 is 9.69 Å². The van der Waals surface area contributed by atoms with E-state index in [0.717, 1.165) is 19.5 Å². The van der Waals surface area contributed by atoms with Crippen LogP contribution in [0.15, 0.2) is 0 Å². The van der Waals surface area contributed by atoms with Gasteiger partial charge in [-0.2, -0.15) is 0 Å². The average Bonchev–Trinajstić information content (AvgIpc) is 2.04. The molecule has 0 bridgehead atoms. The zero-order valence-corrected chi connectivity index (χ0v) is 8.55. The van der Waals surface area contributed by atoms with Crippen molar-refractivity contribution >= 4 is 5.78 Å². The first-order valence-electron chi connectivity index (χ1n) is 4.60. The Morgan fingerprint density at radius 2 is 2.17 bits per heavy atom. The van der Waals surface area contributed by atoms with Gasteiger partial charge in [-0.1, -0.05) is 13.8 Å². The first kappa shape index (κ1) is 9.72. The lowest BCUT2D eigenvalue weighted by Gasteiger charge is -2.24. The zero-order valence-electron chi connectivity index (χ0n) is 8.55. The maximum absolute atomic E-state index is 11.0. The van der Waals surface area contributed by atoms with Crippen LogP contribution in [0.2, 0.25) is 0 Å². The van der Waals surface area contributed by atoms with Gasteiger partial charge in [0.25, 0.3) is 0 Å². The Kier molecular flexibility index (Phi) is 2.57. The summed E-state index contributed by atoms with van der Waals surface area (Å²) < 4.78 is 0. The fourth-order valence-corrected chi connectivity index (χ4v) is 2.20. The number of rotatable bonds is 2. The van der Waals surface area contributed by atoms with Gasteiger partial charge in [0.05, 0.1) is 0 Å². The van der Waals surface area contributed by atoms with Crippen molar-refractivity contribution in [3.05, 3.63) is 0 Å². The third kappa shape index (κ3) is 2.07. The van der Waals surface area contributed by atoms with E-state index in [-0.39, 0.29) is 0 Å². The van der Waals surface area contributed by atoms with Crippen molar-refractivity contribution < 1.29 is 4.79 Å². The molecule has 1 fully saturated rings. The number of hydrogen-bond acceptors (Lipinski definition) is 2. The molecule has 1 aliphatic rings. The van der Waals surface area contributed by atoms with E-state index in [1.807, 2.05) is 0 Å². The molecule has 0 saturated carbocycles. The summed E-state index contributed by atoms with van der Waals surface area (Å²) in [6.45, 7) is 8.39. The molecule has 0 aromatic heterocycles. The largest absolute Gasteiger partial charge is 0.306 e. The lowest BCUT2D eigenvalue weighted by molar-refractivity contribution is -0.118. The summed E-state index contributed by atoms with van der Waals surface area (Å²) >= 11 is 0. The molecule has 70 valence electrons. The predicted octanol–water partition coefficient (Wildman–Crippen LogP) is 1.55. The maximum atomic E-state index is 11.0. The Morgan fingerprint density at radius 1 is 1.58 bits per heavy atom. The lowest BCUT2D eigenvalue weighted by atomic mass is 9.79. The number of carbonyl (C=O) groups excluding carboxylic acids is 1. The third-order valence-electron chi connectivity index (χ3n) is 2.85. The molecule has 0 N–H and O–H groups in total. The van der Waals surface area contributed by atoms with Crippen molar-refractivity contribution in [1.82, 2.24) is 4.90 Å². The molecule has 1 saturated heterocycles. The topological polar surface area (TPSA) is 20.3 Å². The minimum Gasteiger partial charge on any atom is -0.306 e. The second-order valence-corrected chi connectivity index (χ2v) is 4.79. The third-order valence-corrected chi connectivity index (χ3v) is 2.85. The van der Waals surface area contributed by atoms with Crippen LogP contribution in [0.25, 0.3) is 0 Å². The van der Waals surface area contributed by atoms with Crippen LogP contribution >= 0.6 is 0 Å². The van der Waals surface area contributed by atoms with E-state index < -0.39 is 0 Å². The number of hydrogen-bond donors (Lipinski definition) is 0. The summed E-state index contributed by atoms with van der Waals surface area (Å²) in [5.74, 6) is 0.878. The van der Waals surface area contributed by atoms with E-state index in [4.69, 9.17) is 0 Å². The summed E-state index contributed by atoms with van der Waals surface area (Å²) in [7, 11) is 2.13. The van der Waals surface area contributed by atoms with E-state index in [1.165, 1.54) is 0 Å². The Balaban J connectivity index is 2.59. The smallest absolute Gasteiger partial charge is 0.130 e. The molecule has 1 rings (SSSR count). The van der Waals surface area contributed by atoms with Gasteiger partial charge >= 0.3 is 0 Å². The number of likely N-dealkylation sites (tertiary alicyclic amines) is 1. The first-order valence-corrected chi connectivity index (χ1v) is 4.60. The van der Waals surface area contributed by atoms with E-state index in [1.54, 1.807) is 6.92 Å². The molecule has 0 radical (unpaired) electrons. The van der Waals surface area contributed by atoms with Crippen LogP contribution in [-0.4, -0.2) is 30.8 Å². The van der Waals surface area contributed by atoms with E-state index >= 15 is 0 Å². The van der Waals surface area contributed by atoms with Crippen LogP contribution in [0, 0.1) is 11.3 Å². The van der Waals surface area contributed by atoms with E-state index in [0.29, 0.717) is 17.1 Å². The maximum Gasteiger partial charge on any atom is 0.130 e. The van der Waals surface area contributed by atoms with Crippen LogP contribution in [0.1, 0.15) is 27.2 Å². The fraction of sp³-hybridized carbons (Fsp3) is 0.900. The molecule has 0 spiro atoms. The Labute approximate surface area is 74.9 Å². The van der Waals surface area contributed by atoms with Gasteiger partial charge in [0.2, 0.25) is 0 Å². The molecule has 0 aliphatic carbocycles. The van der Waals surface area contributed by atoms with Crippen LogP contribution in [0.5, 0.6) is 0 Å². The summed E-state index contributed by atoms with van der Waals surface area (Å²) in [6.07, 6.45) is 0.747. The Morgan fingerprint density at radius 3 is 2.50 bits per heavy atom. The quantitative estimate of drug-likeness (QED) is 0.625. The number of nitrogens with zero attached hydrogens (tertiary/aromatic N) is 1. The van der Waals surface area contributed by atoms with Gasteiger partial charge in [-0.3, -0.25) is 0 Å². The van der Waals surface area contributed by atoms with Gasteiger partial charge in [0, 0.05) is 19.5 Å². The monoisotopic (exact) mass is 169 g/mol. The molecule has 2 heteroatoms. The highest BCUT2D eigenvalue weighted by molar-refractivity contribution is 5.75. The molecule has 1 aliphatic heterocycles. The molecule has 12 heavy (non-hydrogen) atoms. The Bertz CT molecular complexity index is 186. The van der Waals surface area contributed by atoms with Crippen molar-refractivity contribution in [3.63, 3.8) is 0 Å². The molecule has 2 nitrogen and oxygen atoms in total. The molecule has 0 aromatic carbocycles. The van der Waals surface area contributed by atoms with Gasteiger partial charge in [0.15, 0.2) is 0 Å². The summed E-state index contributed by atoms with van der Waals surface area (Å²) in [5, 5.41) is 0. The Hall–Kier alpha value is -0.370. The van der Waals surface area contributed by atoms with Crippen molar-refractivity contribution in [3.8, 4) is 0 Å². The second kappa shape index (κ2) is 3.17. The van der Waals surface area contributed by atoms with Gasteiger partial charge in [-0.15, -0.1) is 0 Å². The van der Waals surface area contributed by atoms with Crippen molar-refractivity contribution in [2.45, 2.75) is 27.2 Å². The minimum absolute atomic E-state index is 0.320. The number of ketones is 1. The number of carbonyl (C=O) groups is 1. The molecular formula is C10H19NO. The highest BCUT2D eigenvalue weighted by Crippen LogP contribution is 2.36. The van der Waals surface area contributed by atoms with Crippen LogP contribution < -0.4 is 0 Å². The van der Waals surface area contributed by atoms with E-state index in [2.05, 4.69) is 25.8 Å². The molecule has 0 amide bonds. The van der Waals surface area contributed by atoms with Gasteiger partial charge in [-0.25, -0.2) is 0 Å². The van der Waals surface area contributed by atoms with Crippen LogP contribution in [0.3, 0.4) is 0 Å². The lowest BCUT2D eigenvalue weighted by Crippen LogP contribution is -2.23. The normalized spacial score (nSPS) is 29.2. The highest BCUT2D eigenvalue weighted by Gasteiger charge is 2.37. The molecule has 1 atom stereocenters. The molecule has 1 heterocycles. The summed E-state index contributed by atoms with van der Waals surface area (Å²) in [5.41, 5.74) is 0.320. The van der Waals surface area contributed by atoms with Crippen LogP contribution in [0.4, 0.5) is 0 Å². The van der Waals surface area contributed by atoms with Crippen molar-refractivity contribution in [2.75, 3.05) is 20.1 Å². The van der Waals surface area contributed by atoms with Crippen molar-refractivity contribution in [2.24, 2.45) is 11.3 Å². The van der Waals surface area contributed by atoms with E-state index in [9.17, 15) is 4.79 Å².